The molecule has 20 heavy (non-hydrogen) atoms. The lowest BCUT2D eigenvalue weighted by atomic mass is 9.98. The summed E-state index contributed by atoms with van der Waals surface area (Å²) in [6.45, 7) is 9.20. The largest absolute Gasteiger partial charge is 0.316 e. The van der Waals surface area contributed by atoms with Crippen LogP contribution in [0.25, 0.3) is 10.1 Å². The maximum Gasteiger partial charge on any atom is 0.0345 e. The van der Waals surface area contributed by atoms with Crippen molar-refractivity contribution < 1.29 is 0 Å². The van der Waals surface area contributed by atoms with Crippen LogP contribution in [0.15, 0.2) is 29.6 Å². The number of hydrogen-bond acceptors (Lipinski definition) is 2. The third-order valence-electron chi connectivity index (χ3n) is 3.83. The molecule has 0 aliphatic heterocycles. The fourth-order valence-corrected chi connectivity index (χ4v) is 3.51. The summed E-state index contributed by atoms with van der Waals surface area (Å²) in [4.78, 5) is 0. The van der Waals surface area contributed by atoms with E-state index in [0.29, 0.717) is 0 Å². The van der Waals surface area contributed by atoms with Crippen LogP contribution in [0.2, 0.25) is 0 Å². The van der Waals surface area contributed by atoms with E-state index in [-0.39, 0.29) is 0 Å². The number of hydrogen-bond donors (Lipinski definition) is 1. The van der Waals surface area contributed by atoms with Crippen molar-refractivity contribution in [1.82, 2.24) is 5.32 Å². The second-order valence-electron chi connectivity index (χ2n) is 6.29. The number of fused-ring (bicyclic) bond motifs is 1. The van der Waals surface area contributed by atoms with Crippen molar-refractivity contribution in [2.45, 2.75) is 40.0 Å². The highest BCUT2D eigenvalue weighted by Gasteiger charge is 2.07. The van der Waals surface area contributed by atoms with E-state index >= 15 is 0 Å². The van der Waals surface area contributed by atoms with Gasteiger partial charge in [-0.2, -0.15) is 0 Å². The Morgan fingerprint density at radius 3 is 2.70 bits per heavy atom. The van der Waals surface area contributed by atoms with Crippen molar-refractivity contribution in [3.63, 3.8) is 0 Å². The van der Waals surface area contributed by atoms with Crippen molar-refractivity contribution in [2.75, 3.05) is 13.1 Å². The summed E-state index contributed by atoms with van der Waals surface area (Å²) < 4.78 is 1.42. The molecule has 0 bridgehead atoms. The molecule has 0 spiro atoms. The number of aryl methyl sites for hydroxylation is 1. The molecule has 110 valence electrons. The van der Waals surface area contributed by atoms with Gasteiger partial charge in [0.1, 0.15) is 0 Å². The van der Waals surface area contributed by atoms with Gasteiger partial charge in [0.25, 0.3) is 0 Å². The fourth-order valence-electron chi connectivity index (χ4n) is 2.51. The predicted octanol–water partition coefficient (Wildman–Crippen LogP) is 5.11. The molecule has 1 unspecified atom stereocenters. The first-order chi connectivity index (χ1) is 9.66. The van der Waals surface area contributed by atoms with Gasteiger partial charge in [0, 0.05) is 4.70 Å². The first kappa shape index (κ1) is 15.5. The summed E-state index contributed by atoms with van der Waals surface area (Å²) in [6.07, 6.45) is 3.80. The van der Waals surface area contributed by atoms with Crippen LogP contribution in [0.1, 0.15) is 39.2 Å². The van der Waals surface area contributed by atoms with Gasteiger partial charge in [0.2, 0.25) is 0 Å². The van der Waals surface area contributed by atoms with E-state index in [2.05, 4.69) is 55.7 Å². The zero-order chi connectivity index (χ0) is 14.4. The van der Waals surface area contributed by atoms with Gasteiger partial charge in [0.05, 0.1) is 0 Å². The van der Waals surface area contributed by atoms with E-state index in [4.69, 9.17) is 0 Å². The monoisotopic (exact) mass is 289 g/mol. The molecule has 1 nitrogen and oxygen atoms in total. The Labute approximate surface area is 127 Å². The van der Waals surface area contributed by atoms with Gasteiger partial charge >= 0.3 is 0 Å². The van der Waals surface area contributed by atoms with Crippen LogP contribution in [0, 0.1) is 11.8 Å². The Morgan fingerprint density at radius 2 is 1.90 bits per heavy atom. The molecule has 2 rings (SSSR count). The van der Waals surface area contributed by atoms with Crippen LogP contribution in [-0.2, 0) is 6.42 Å². The SMILES string of the molecule is CC(C)CNCCC(C)CCc1csc2ccccc12. The third-order valence-corrected chi connectivity index (χ3v) is 4.85. The van der Waals surface area contributed by atoms with Gasteiger partial charge in [-0.25, -0.2) is 0 Å². The summed E-state index contributed by atoms with van der Waals surface area (Å²) in [5.74, 6) is 1.55. The maximum absolute atomic E-state index is 3.54. The molecule has 1 heterocycles. The Kier molecular flexibility index (Phi) is 6.06. The third kappa shape index (κ3) is 4.60. The Balaban J connectivity index is 1.74. The van der Waals surface area contributed by atoms with Crippen LogP contribution in [0.3, 0.4) is 0 Å². The minimum absolute atomic E-state index is 0.752. The van der Waals surface area contributed by atoms with E-state index < -0.39 is 0 Å². The Bertz CT molecular complexity index is 515. The van der Waals surface area contributed by atoms with Crippen molar-refractivity contribution in [2.24, 2.45) is 11.8 Å². The molecule has 1 atom stereocenters. The summed E-state index contributed by atoms with van der Waals surface area (Å²) in [5.41, 5.74) is 1.53. The zero-order valence-corrected chi connectivity index (χ0v) is 13.8. The van der Waals surface area contributed by atoms with Crippen LogP contribution in [-0.4, -0.2) is 13.1 Å². The molecule has 0 fully saturated rings. The fraction of sp³-hybridized carbons (Fsp3) is 0.556. The van der Waals surface area contributed by atoms with Crippen molar-refractivity contribution in [1.29, 1.82) is 0 Å². The molecule has 0 saturated carbocycles. The van der Waals surface area contributed by atoms with Gasteiger partial charge in [0.15, 0.2) is 0 Å². The number of thiophene rings is 1. The molecule has 2 heteroatoms. The summed E-state index contributed by atoms with van der Waals surface area (Å²) in [5, 5.41) is 7.34. The summed E-state index contributed by atoms with van der Waals surface area (Å²) >= 11 is 1.88. The number of rotatable bonds is 8. The van der Waals surface area contributed by atoms with Gasteiger partial charge < -0.3 is 5.32 Å². The van der Waals surface area contributed by atoms with Crippen LogP contribution in [0.4, 0.5) is 0 Å². The zero-order valence-electron chi connectivity index (χ0n) is 13.0. The van der Waals surface area contributed by atoms with Crippen LogP contribution >= 0.6 is 11.3 Å². The van der Waals surface area contributed by atoms with E-state index in [9.17, 15) is 0 Å². The lowest BCUT2D eigenvalue weighted by Gasteiger charge is -2.12. The van der Waals surface area contributed by atoms with Crippen LogP contribution < -0.4 is 5.32 Å². The predicted molar refractivity (Wildman–Crippen MR) is 91.6 cm³/mol. The molecule has 1 aromatic heterocycles. The van der Waals surface area contributed by atoms with E-state index in [1.807, 2.05) is 11.3 Å². The van der Waals surface area contributed by atoms with Crippen molar-refractivity contribution in [3.05, 3.63) is 35.2 Å². The lowest BCUT2D eigenvalue weighted by molar-refractivity contribution is 0.454. The molecule has 1 N–H and O–H groups in total. The van der Waals surface area contributed by atoms with Crippen molar-refractivity contribution in [3.8, 4) is 0 Å². The molecule has 0 aliphatic carbocycles. The molecular formula is C18H27NS. The first-order valence-electron chi connectivity index (χ1n) is 7.82. The normalized spacial score (nSPS) is 13.2. The van der Waals surface area contributed by atoms with Gasteiger partial charge in [-0.3, -0.25) is 0 Å². The van der Waals surface area contributed by atoms with E-state index in [0.717, 1.165) is 24.9 Å². The Hall–Kier alpha value is -0.860. The Morgan fingerprint density at radius 1 is 1.10 bits per heavy atom. The average Bonchev–Trinajstić information content (AvgIpc) is 2.84. The molecule has 0 saturated heterocycles. The number of nitrogens with one attached hydrogen (secondary N) is 1. The van der Waals surface area contributed by atoms with Gasteiger partial charge in [-0.15, -0.1) is 11.3 Å². The molecule has 0 amide bonds. The maximum atomic E-state index is 3.54. The lowest BCUT2D eigenvalue weighted by Crippen LogP contribution is -2.22. The second-order valence-corrected chi connectivity index (χ2v) is 7.20. The molecule has 2 aromatic rings. The van der Waals surface area contributed by atoms with E-state index in [1.54, 1.807) is 0 Å². The highest BCUT2D eigenvalue weighted by Crippen LogP contribution is 2.27. The molecular weight excluding hydrogens is 262 g/mol. The highest BCUT2D eigenvalue weighted by atomic mass is 32.1. The smallest absolute Gasteiger partial charge is 0.0345 e. The quantitative estimate of drug-likeness (QED) is 0.666. The molecule has 0 radical (unpaired) electrons. The van der Waals surface area contributed by atoms with Crippen molar-refractivity contribution >= 4 is 21.4 Å². The molecule has 1 aromatic carbocycles. The highest BCUT2D eigenvalue weighted by molar-refractivity contribution is 7.17. The van der Waals surface area contributed by atoms with Gasteiger partial charge in [-0.05, 0) is 66.6 Å². The summed E-state index contributed by atoms with van der Waals surface area (Å²) in [6, 6.07) is 8.77. The first-order valence-corrected chi connectivity index (χ1v) is 8.70. The molecule has 0 aliphatic rings. The number of benzene rings is 1. The average molecular weight is 289 g/mol. The van der Waals surface area contributed by atoms with Gasteiger partial charge in [-0.1, -0.05) is 39.0 Å². The van der Waals surface area contributed by atoms with Crippen LogP contribution in [0.5, 0.6) is 0 Å². The standard InChI is InChI=1S/C18H27NS/c1-14(2)12-19-11-10-15(3)8-9-16-13-20-18-7-5-4-6-17(16)18/h4-7,13-15,19H,8-12H2,1-3H3. The minimum Gasteiger partial charge on any atom is -0.316 e. The minimum atomic E-state index is 0.752. The summed E-state index contributed by atoms with van der Waals surface area (Å²) in [7, 11) is 0. The van der Waals surface area contributed by atoms with E-state index in [1.165, 1.54) is 34.9 Å². The topological polar surface area (TPSA) is 12.0 Å². The second kappa shape index (κ2) is 7.80.